The third-order valence-corrected chi connectivity index (χ3v) is 4.86. The Morgan fingerprint density at radius 1 is 1.38 bits per heavy atom. The molecule has 1 atom stereocenters. The van der Waals surface area contributed by atoms with Crippen molar-refractivity contribution in [2.45, 2.75) is 13.0 Å². The van der Waals surface area contributed by atoms with Crippen LogP contribution in [0.1, 0.15) is 17.4 Å². The number of methoxy groups -OCH3 is 2. The molecule has 2 heterocycles. The lowest BCUT2D eigenvalue weighted by Gasteiger charge is -2.32. The largest absolute Gasteiger partial charge is 0.493 e. The number of benzene rings is 1. The van der Waals surface area contributed by atoms with Gasteiger partial charge in [0.15, 0.2) is 11.5 Å². The number of carbonyl (C=O) groups excluding carboxylic acids is 1. The van der Waals surface area contributed by atoms with E-state index in [0.717, 1.165) is 10.6 Å². The maximum atomic E-state index is 12.7. The molecule has 128 valence electrons. The van der Waals surface area contributed by atoms with Crippen molar-refractivity contribution < 1.29 is 19.0 Å². The quantitative estimate of drug-likeness (QED) is 0.850. The summed E-state index contributed by atoms with van der Waals surface area (Å²) in [5, 5.41) is 2.52. The Kier molecular flexibility index (Phi) is 5.01. The number of morpholine rings is 1. The van der Waals surface area contributed by atoms with Gasteiger partial charge >= 0.3 is 0 Å². The van der Waals surface area contributed by atoms with Gasteiger partial charge < -0.3 is 19.1 Å². The van der Waals surface area contributed by atoms with Crippen LogP contribution in [0, 0.1) is 0 Å². The summed E-state index contributed by atoms with van der Waals surface area (Å²) in [4.78, 5) is 19.0. The zero-order valence-electron chi connectivity index (χ0n) is 13.9. The molecule has 0 bridgehead atoms. The second-order valence-electron chi connectivity index (χ2n) is 5.50. The third kappa shape index (κ3) is 3.09. The van der Waals surface area contributed by atoms with E-state index in [1.807, 2.05) is 30.0 Å². The minimum Gasteiger partial charge on any atom is -0.493 e. The highest BCUT2D eigenvalue weighted by Crippen LogP contribution is 2.39. The standard InChI is InChI=1S/C17H20N2O4S/c1-11-9-23-8-7-19(11)17(20)13-10-24-16(18-13)12-5-4-6-14(21-2)15(12)22-3/h4-6,10-11H,7-9H2,1-3H3/t11-/m0/s1. The molecule has 0 spiro atoms. The maximum Gasteiger partial charge on any atom is 0.273 e. The van der Waals surface area contributed by atoms with Gasteiger partial charge in [-0.05, 0) is 19.1 Å². The molecule has 1 aromatic heterocycles. The van der Waals surface area contributed by atoms with Gasteiger partial charge in [-0.2, -0.15) is 0 Å². The molecular weight excluding hydrogens is 328 g/mol. The van der Waals surface area contributed by atoms with E-state index in [1.165, 1.54) is 11.3 Å². The van der Waals surface area contributed by atoms with Gasteiger partial charge in [-0.3, -0.25) is 4.79 Å². The number of ether oxygens (including phenoxy) is 3. The fourth-order valence-corrected chi connectivity index (χ4v) is 3.54. The number of amides is 1. The monoisotopic (exact) mass is 348 g/mol. The Balaban J connectivity index is 1.90. The first-order chi connectivity index (χ1) is 11.7. The van der Waals surface area contributed by atoms with Gasteiger partial charge in [0.1, 0.15) is 10.7 Å². The molecule has 1 aromatic carbocycles. The van der Waals surface area contributed by atoms with Crippen LogP contribution in [-0.4, -0.2) is 55.8 Å². The second-order valence-corrected chi connectivity index (χ2v) is 6.36. The predicted octanol–water partition coefficient (Wildman–Crippen LogP) is 2.69. The average Bonchev–Trinajstić information content (AvgIpc) is 3.10. The van der Waals surface area contributed by atoms with Gasteiger partial charge in [0.2, 0.25) is 0 Å². The highest BCUT2D eigenvalue weighted by Gasteiger charge is 2.27. The third-order valence-electron chi connectivity index (χ3n) is 3.99. The number of hydrogen-bond donors (Lipinski definition) is 0. The van der Waals surface area contributed by atoms with Crippen LogP contribution in [0.2, 0.25) is 0 Å². The van der Waals surface area contributed by atoms with Crippen LogP contribution in [0.3, 0.4) is 0 Å². The molecule has 1 aliphatic rings. The zero-order valence-corrected chi connectivity index (χ0v) is 14.8. The average molecular weight is 348 g/mol. The molecule has 3 rings (SSSR count). The van der Waals surface area contributed by atoms with Crippen molar-refractivity contribution in [2.75, 3.05) is 34.0 Å². The summed E-state index contributed by atoms with van der Waals surface area (Å²) in [6.45, 7) is 3.70. The molecule has 1 saturated heterocycles. The Labute approximate surface area is 145 Å². The van der Waals surface area contributed by atoms with E-state index in [0.29, 0.717) is 37.0 Å². The van der Waals surface area contributed by atoms with E-state index in [-0.39, 0.29) is 11.9 Å². The molecule has 0 N–H and O–H groups in total. The van der Waals surface area contributed by atoms with Crippen LogP contribution < -0.4 is 9.47 Å². The lowest BCUT2D eigenvalue weighted by atomic mass is 10.2. The number of rotatable bonds is 4. The van der Waals surface area contributed by atoms with Crippen molar-refractivity contribution in [3.8, 4) is 22.1 Å². The van der Waals surface area contributed by atoms with Crippen molar-refractivity contribution >= 4 is 17.2 Å². The van der Waals surface area contributed by atoms with Crippen molar-refractivity contribution in [3.05, 3.63) is 29.3 Å². The fourth-order valence-electron chi connectivity index (χ4n) is 2.73. The first-order valence-corrected chi connectivity index (χ1v) is 8.59. The van der Waals surface area contributed by atoms with Crippen molar-refractivity contribution in [2.24, 2.45) is 0 Å². The Hall–Kier alpha value is -2.12. The summed E-state index contributed by atoms with van der Waals surface area (Å²) in [6, 6.07) is 5.68. The van der Waals surface area contributed by atoms with Gasteiger partial charge in [0, 0.05) is 11.9 Å². The van der Waals surface area contributed by atoms with E-state index < -0.39 is 0 Å². The van der Waals surface area contributed by atoms with Crippen LogP contribution in [0.25, 0.3) is 10.6 Å². The normalized spacial score (nSPS) is 17.6. The Morgan fingerprint density at radius 2 is 2.21 bits per heavy atom. The van der Waals surface area contributed by atoms with Gasteiger partial charge in [-0.1, -0.05) is 6.07 Å². The summed E-state index contributed by atoms with van der Waals surface area (Å²) >= 11 is 1.42. The highest BCUT2D eigenvalue weighted by molar-refractivity contribution is 7.13. The van der Waals surface area contributed by atoms with Gasteiger partial charge in [-0.15, -0.1) is 11.3 Å². The molecule has 7 heteroatoms. The molecule has 2 aromatic rings. The summed E-state index contributed by atoms with van der Waals surface area (Å²) < 4.78 is 16.2. The minimum absolute atomic E-state index is 0.0581. The lowest BCUT2D eigenvalue weighted by Crippen LogP contribution is -2.47. The molecule has 0 aliphatic carbocycles. The van der Waals surface area contributed by atoms with Gasteiger partial charge in [0.25, 0.3) is 5.91 Å². The zero-order chi connectivity index (χ0) is 17.1. The predicted molar refractivity (Wildman–Crippen MR) is 92.0 cm³/mol. The lowest BCUT2D eigenvalue weighted by molar-refractivity contribution is 0.00332. The molecular formula is C17H20N2O4S. The summed E-state index contributed by atoms with van der Waals surface area (Å²) in [7, 11) is 3.19. The second kappa shape index (κ2) is 7.19. The molecule has 0 radical (unpaired) electrons. The van der Waals surface area contributed by atoms with Gasteiger partial charge in [0.05, 0.1) is 39.0 Å². The number of hydrogen-bond acceptors (Lipinski definition) is 6. The van der Waals surface area contributed by atoms with Crippen LogP contribution in [0.4, 0.5) is 0 Å². The minimum atomic E-state index is -0.0600. The molecule has 1 fully saturated rings. The molecule has 1 aliphatic heterocycles. The number of aromatic nitrogens is 1. The van der Waals surface area contributed by atoms with Crippen LogP contribution in [-0.2, 0) is 4.74 Å². The molecule has 0 saturated carbocycles. The molecule has 6 nitrogen and oxygen atoms in total. The van der Waals surface area contributed by atoms with Crippen LogP contribution >= 0.6 is 11.3 Å². The topological polar surface area (TPSA) is 60.9 Å². The van der Waals surface area contributed by atoms with Gasteiger partial charge in [-0.25, -0.2) is 4.98 Å². The number of nitrogens with zero attached hydrogens (tertiary/aromatic N) is 2. The molecule has 24 heavy (non-hydrogen) atoms. The number of para-hydroxylation sites is 1. The fraction of sp³-hybridized carbons (Fsp3) is 0.412. The Morgan fingerprint density at radius 3 is 2.92 bits per heavy atom. The van der Waals surface area contributed by atoms with Crippen molar-refractivity contribution in [3.63, 3.8) is 0 Å². The number of thiazole rings is 1. The van der Waals surface area contributed by atoms with E-state index in [4.69, 9.17) is 14.2 Å². The first-order valence-electron chi connectivity index (χ1n) is 7.71. The molecule has 0 unspecified atom stereocenters. The van der Waals surface area contributed by atoms with E-state index in [2.05, 4.69) is 4.98 Å². The molecule has 1 amide bonds. The van der Waals surface area contributed by atoms with Crippen molar-refractivity contribution in [1.29, 1.82) is 0 Å². The summed E-state index contributed by atoms with van der Waals surface area (Å²) in [5.74, 6) is 1.20. The van der Waals surface area contributed by atoms with Crippen LogP contribution in [0.15, 0.2) is 23.6 Å². The van der Waals surface area contributed by atoms with E-state index in [1.54, 1.807) is 19.6 Å². The SMILES string of the molecule is COc1cccc(-c2nc(C(=O)N3CCOC[C@@H]3C)cs2)c1OC. The smallest absolute Gasteiger partial charge is 0.273 e. The van der Waals surface area contributed by atoms with E-state index >= 15 is 0 Å². The first kappa shape index (κ1) is 16.7. The van der Waals surface area contributed by atoms with Crippen molar-refractivity contribution in [1.82, 2.24) is 9.88 Å². The highest BCUT2D eigenvalue weighted by atomic mass is 32.1. The van der Waals surface area contributed by atoms with E-state index in [9.17, 15) is 4.79 Å². The van der Waals surface area contributed by atoms with Crippen LogP contribution in [0.5, 0.6) is 11.5 Å². The Bertz CT molecular complexity index is 731. The number of carbonyl (C=O) groups is 1. The summed E-state index contributed by atoms with van der Waals surface area (Å²) in [5.41, 5.74) is 1.27. The summed E-state index contributed by atoms with van der Waals surface area (Å²) in [6.07, 6.45) is 0. The maximum absolute atomic E-state index is 12.7.